The molecular weight excluding hydrogens is 384 g/mol. The Balaban J connectivity index is 0.000000230. The summed E-state index contributed by atoms with van der Waals surface area (Å²) in [4.78, 5) is 44.5. The lowest BCUT2D eigenvalue weighted by Crippen LogP contribution is -2.32. The first kappa shape index (κ1) is 25.8. The standard InChI is InChI=1S/C9H18N2O.C7H14N2O.C5H10N2O/c1-3-5-10-7-8-11(6-4-2)9(10)12;1-3-8-5-6-9(4-2)7(8)10;1-6-3-4-7(2)5(6)8/h3-8H2,1-2H3;3-6H2,1-2H3;3-4H2,1-2H3. The highest BCUT2D eigenvalue weighted by atomic mass is 16.2. The molecule has 0 saturated carbocycles. The van der Waals surface area contributed by atoms with Gasteiger partial charge in [0.1, 0.15) is 0 Å². The molecule has 0 radical (unpaired) electrons. The van der Waals surface area contributed by atoms with E-state index in [4.69, 9.17) is 0 Å². The molecule has 0 atom stereocenters. The van der Waals surface area contributed by atoms with Crippen LogP contribution in [0.5, 0.6) is 0 Å². The monoisotopic (exact) mass is 426 g/mol. The number of carbonyl (C=O) groups is 3. The quantitative estimate of drug-likeness (QED) is 0.654. The normalized spacial score (nSPS) is 18.8. The summed E-state index contributed by atoms with van der Waals surface area (Å²) in [6.07, 6.45) is 2.12. The lowest BCUT2D eigenvalue weighted by molar-refractivity contribution is 0.192. The first-order valence-corrected chi connectivity index (χ1v) is 11.3. The van der Waals surface area contributed by atoms with Crippen LogP contribution in [0.25, 0.3) is 0 Å². The molecule has 3 saturated heterocycles. The van der Waals surface area contributed by atoms with Crippen LogP contribution in [-0.4, -0.2) is 127 Å². The van der Waals surface area contributed by atoms with E-state index in [1.165, 1.54) is 0 Å². The second kappa shape index (κ2) is 13.2. The topological polar surface area (TPSA) is 70.7 Å². The molecule has 3 heterocycles. The first-order valence-electron chi connectivity index (χ1n) is 11.3. The van der Waals surface area contributed by atoms with Crippen molar-refractivity contribution in [3.8, 4) is 0 Å². The van der Waals surface area contributed by atoms with E-state index in [-0.39, 0.29) is 18.1 Å². The third-order valence-electron chi connectivity index (χ3n) is 5.54. The maximum Gasteiger partial charge on any atom is 0.320 e. The smallest absolute Gasteiger partial charge is 0.320 e. The minimum Gasteiger partial charge on any atom is -0.326 e. The molecule has 6 amide bonds. The largest absolute Gasteiger partial charge is 0.326 e. The van der Waals surface area contributed by atoms with E-state index < -0.39 is 0 Å². The Morgan fingerprint density at radius 2 is 0.867 bits per heavy atom. The second-order valence-electron chi connectivity index (χ2n) is 7.82. The predicted octanol–water partition coefficient (Wildman–Crippen LogP) is 2.29. The lowest BCUT2D eigenvalue weighted by Gasteiger charge is -2.16. The van der Waals surface area contributed by atoms with Crippen LogP contribution in [0.2, 0.25) is 0 Å². The summed E-state index contributed by atoms with van der Waals surface area (Å²) in [6.45, 7) is 17.2. The molecule has 3 aliphatic rings. The summed E-state index contributed by atoms with van der Waals surface area (Å²) < 4.78 is 0. The van der Waals surface area contributed by atoms with Crippen molar-refractivity contribution in [2.75, 3.05) is 79.5 Å². The average molecular weight is 427 g/mol. The van der Waals surface area contributed by atoms with Crippen molar-refractivity contribution in [1.82, 2.24) is 29.4 Å². The van der Waals surface area contributed by atoms with Crippen LogP contribution in [0.15, 0.2) is 0 Å². The zero-order valence-electron chi connectivity index (χ0n) is 19.9. The number of hydrogen-bond donors (Lipinski definition) is 0. The van der Waals surface area contributed by atoms with E-state index in [1.54, 1.807) is 9.80 Å². The summed E-state index contributed by atoms with van der Waals surface area (Å²) >= 11 is 0. The Kier molecular flexibility index (Phi) is 11.4. The molecule has 0 spiro atoms. The Morgan fingerprint density at radius 1 is 0.533 bits per heavy atom. The molecule has 174 valence electrons. The molecule has 3 rings (SSSR count). The molecule has 0 aliphatic carbocycles. The van der Waals surface area contributed by atoms with Crippen LogP contribution in [-0.2, 0) is 0 Å². The average Bonchev–Trinajstić information content (AvgIpc) is 3.38. The van der Waals surface area contributed by atoms with E-state index in [2.05, 4.69) is 13.8 Å². The molecule has 30 heavy (non-hydrogen) atoms. The number of rotatable bonds is 6. The van der Waals surface area contributed by atoms with Gasteiger partial charge in [-0.15, -0.1) is 0 Å². The van der Waals surface area contributed by atoms with Gasteiger partial charge in [-0.3, -0.25) is 0 Å². The summed E-state index contributed by atoms with van der Waals surface area (Å²) in [7, 11) is 3.62. The van der Waals surface area contributed by atoms with Gasteiger partial charge in [-0.25, -0.2) is 14.4 Å². The van der Waals surface area contributed by atoms with Crippen LogP contribution in [0.1, 0.15) is 40.5 Å². The van der Waals surface area contributed by atoms with E-state index >= 15 is 0 Å². The molecule has 0 N–H and O–H groups in total. The van der Waals surface area contributed by atoms with Crippen molar-refractivity contribution in [3.05, 3.63) is 0 Å². The van der Waals surface area contributed by atoms with E-state index in [9.17, 15) is 14.4 Å². The van der Waals surface area contributed by atoms with Crippen LogP contribution in [0.3, 0.4) is 0 Å². The van der Waals surface area contributed by atoms with Gasteiger partial charge in [0.2, 0.25) is 0 Å². The fourth-order valence-corrected chi connectivity index (χ4v) is 3.59. The molecule has 9 heteroatoms. The van der Waals surface area contributed by atoms with Crippen LogP contribution in [0.4, 0.5) is 14.4 Å². The van der Waals surface area contributed by atoms with Gasteiger partial charge < -0.3 is 29.4 Å². The highest BCUT2D eigenvalue weighted by molar-refractivity contribution is 5.77. The van der Waals surface area contributed by atoms with Gasteiger partial charge in [0.15, 0.2) is 0 Å². The second-order valence-corrected chi connectivity index (χ2v) is 7.82. The predicted molar refractivity (Wildman–Crippen MR) is 120 cm³/mol. The molecule has 3 fully saturated rings. The first-order chi connectivity index (χ1) is 14.3. The van der Waals surface area contributed by atoms with Crippen molar-refractivity contribution in [2.24, 2.45) is 0 Å². The highest BCUT2D eigenvalue weighted by Gasteiger charge is 2.26. The summed E-state index contributed by atoms with van der Waals surface area (Å²) in [5, 5.41) is 0. The Bertz CT molecular complexity index is 517. The van der Waals surface area contributed by atoms with E-state index in [1.807, 2.05) is 47.5 Å². The molecule has 9 nitrogen and oxygen atoms in total. The van der Waals surface area contributed by atoms with Crippen LogP contribution >= 0.6 is 0 Å². The summed E-state index contributed by atoms with van der Waals surface area (Å²) in [5.41, 5.74) is 0. The summed E-state index contributed by atoms with van der Waals surface area (Å²) in [5.74, 6) is 0. The molecule has 0 bridgehead atoms. The number of amides is 6. The third-order valence-corrected chi connectivity index (χ3v) is 5.54. The molecule has 0 aromatic carbocycles. The minimum absolute atomic E-state index is 0.130. The van der Waals surface area contributed by atoms with Gasteiger partial charge in [-0.2, -0.15) is 0 Å². The van der Waals surface area contributed by atoms with Crippen molar-refractivity contribution >= 4 is 18.1 Å². The zero-order chi connectivity index (χ0) is 22.7. The number of urea groups is 3. The van der Waals surface area contributed by atoms with Crippen molar-refractivity contribution < 1.29 is 14.4 Å². The van der Waals surface area contributed by atoms with Gasteiger partial charge in [0.25, 0.3) is 0 Å². The maximum atomic E-state index is 11.5. The Hall–Kier alpha value is -2.19. The van der Waals surface area contributed by atoms with E-state index in [0.29, 0.717) is 0 Å². The van der Waals surface area contributed by atoms with Gasteiger partial charge >= 0.3 is 18.1 Å². The van der Waals surface area contributed by atoms with Gasteiger partial charge in [-0.1, -0.05) is 13.8 Å². The number of likely N-dealkylation sites (N-methyl/N-ethyl adjacent to an activating group) is 4. The fourth-order valence-electron chi connectivity index (χ4n) is 3.59. The fraction of sp³-hybridized carbons (Fsp3) is 0.857. The Morgan fingerprint density at radius 3 is 1.10 bits per heavy atom. The molecule has 0 aromatic rings. The van der Waals surface area contributed by atoms with Crippen LogP contribution < -0.4 is 0 Å². The zero-order valence-corrected chi connectivity index (χ0v) is 19.9. The lowest BCUT2D eigenvalue weighted by atomic mass is 10.4. The van der Waals surface area contributed by atoms with E-state index in [0.717, 1.165) is 78.3 Å². The molecule has 3 aliphatic heterocycles. The van der Waals surface area contributed by atoms with Crippen LogP contribution in [0, 0.1) is 0 Å². The minimum atomic E-state index is 0.130. The summed E-state index contributed by atoms with van der Waals surface area (Å²) in [6, 6.07) is 0.564. The van der Waals surface area contributed by atoms with Gasteiger partial charge in [0, 0.05) is 79.5 Å². The molecule has 0 unspecified atom stereocenters. The van der Waals surface area contributed by atoms with Crippen molar-refractivity contribution in [2.45, 2.75) is 40.5 Å². The van der Waals surface area contributed by atoms with Gasteiger partial charge in [-0.05, 0) is 26.7 Å². The van der Waals surface area contributed by atoms with Crippen molar-refractivity contribution in [3.63, 3.8) is 0 Å². The SMILES string of the molecule is CCCN1CCN(CCC)C1=O.CCN1CCN(CC)C1=O.CN1CCN(C)C1=O. The number of hydrogen-bond acceptors (Lipinski definition) is 3. The number of carbonyl (C=O) groups excluding carboxylic acids is 3. The maximum absolute atomic E-state index is 11.5. The highest BCUT2D eigenvalue weighted by Crippen LogP contribution is 2.09. The third kappa shape index (κ3) is 7.25. The van der Waals surface area contributed by atoms with Crippen molar-refractivity contribution in [1.29, 1.82) is 0 Å². The van der Waals surface area contributed by atoms with Gasteiger partial charge in [0.05, 0.1) is 0 Å². The number of nitrogens with zero attached hydrogens (tertiary/aromatic N) is 6. The molecular formula is C21H42N6O3. The Labute approximate surface area is 182 Å². The molecule has 0 aromatic heterocycles.